The van der Waals surface area contributed by atoms with Crippen LogP contribution in [0, 0.1) is 6.92 Å². The molecule has 1 aromatic carbocycles. The van der Waals surface area contributed by atoms with Gasteiger partial charge in [0.05, 0.1) is 11.7 Å². The van der Waals surface area contributed by atoms with Gasteiger partial charge in [0.2, 0.25) is 0 Å². The number of likely N-dealkylation sites (N-methyl/N-ethyl adjacent to an activating group) is 1. The average Bonchev–Trinajstić information content (AvgIpc) is 2.89. The summed E-state index contributed by atoms with van der Waals surface area (Å²) in [5.41, 5.74) is 3.28. The molecule has 1 atom stereocenters. The molecule has 3 rings (SSSR count). The lowest BCUT2D eigenvalue weighted by molar-refractivity contribution is 0.311. The molecular formula is C17H21N5. The topological polar surface area (TPSA) is 45.5 Å². The molecule has 2 aromatic heterocycles. The zero-order valence-corrected chi connectivity index (χ0v) is 13.2. The molecule has 0 bridgehead atoms. The van der Waals surface area contributed by atoms with E-state index in [2.05, 4.69) is 58.7 Å². The number of nitrogens with one attached hydrogen (secondary N) is 1. The molecule has 5 heteroatoms. The molecule has 0 aliphatic rings. The first-order chi connectivity index (χ1) is 10.6. The highest BCUT2D eigenvalue weighted by molar-refractivity contribution is 5.67. The first-order valence-corrected chi connectivity index (χ1v) is 7.41. The smallest absolute Gasteiger partial charge is 0.152 e. The molecule has 3 aromatic rings. The van der Waals surface area contributed by atoms with Gasteiger partial charge in [-0.05, 0) is 32.6 Å². The van der Waals surface area contributed by atoms with Crippen LogP contribution in [0.4, 0.5) is 5.82 Å². The van der Waals surface area contributed by atoms with E-state index < -0.39 is 0 Å². The Hall–Kier alpha value is -2.40. The largest absolute Gasteiger partial charge is 0.366 e. The molecule has 0 spiro atoms. The number of hydrogen-bond acceptors (Lipinski definition) is 4. The van der Waals surface area contributed by atoms with Crippen molar-refractivity contribution in [3.05, 3.63) is 60.0 Å². The monoisotopic (exact) mass is 295 g/mol. The van der Waals surface area contributed by atoms with E-state index in [9.17, 15) is 0 Å². The third kappa shape index (κ3) is 2.94. The third-order valence-corrected chi connectivity index (χ3v) is 3.78. The van der Waals surface area contributed by atoms with E-state index in [1.165, 1.54) is 5.56 Å². The van der Waals surface area contributed by atoms with Crippen LogP contribution in [0.1, 0.15) is 17.3 Å². The van der Waals surface area contributed by atoms with Gasteiger partial charge in [-0.1, -0.05) is 30.3 Å². The number of rotatable bonds is 5. The molecule has 0 aliphatic heterocycles. The lowest BCUT2D eigenvalue weighted by Gasteiger charge is -2.25. The third-order valence-electron chi connectivity index (χ3n) is 3.78. The van der Waals surface area contributed by atoms with Crippen molar-refractivity contribution in [2.24, 2.45) is 0 Å². The van der Waals surface area contributed by atoms with Gasteiger partial charge in [0.1, 0.15) is 5.52 Å². The summed E-state index contributed by atoms with van der Waals surface area (Å²) in [7, 11) is 4.19. The SMILES string of the molecule is Cc1cc2c(NCC(c3ccccc3)N(C)C)nccn2n1. The van der Waals surface area contributed by atoms with Gasteiger partial charge in [-0.2, -0.15) is 5.10 Å². The fourth-order valence-electron chi connectivity index (χ4n) is 2.65. The van der Waals surface area contributed by atoms with E-state index in [0.717, 1.165) is 23.6 Å². The molecule has 0 aliphatic carbocycles. The number of nitrogens with zero attached hydrogens (tertiary/aromatic N) is 4. The molecule has 5 nitrogen and oxygen atoms in total. The summed E-state index contributed by atoms with van der Waals surface area (Å²) in [4.78, 5) is 6.67. The summed E-state index contributed by atoms with van der Waals surface area (Å²) in [5, 5.41) is 7.89. The molecule has 2 heterocycles. The van der Waals surface area contributed by atoms with Crippen LogP contribution >= 0.6 is 0 Å². The maximum absolute atomic E-state index is 4.45. The lowest BCUT2D eigenvalue weighted by atomic mass is 10.1. The Labute approximate surface area is 130 Å². The molecule has 0 saturated carbocycles. The second-order valence-corrected chi connectivity index (χ2v) is 5.66. The van der Waals surface area contributed by atoms with E-state index in [0.29, 0.717) is 0 Å². The van der Waals surface area contributed by atoms with E-state index in [1.807, 2.05) is 29.8 Å². The van der Waals surface area contributed by atoms with Crippen LogP contribution in [0.3, 0.4) is 0 Å². The minimum absolute atomic E-state index is 0.285. The highest BCUT2D eigenvalue weighted by atomic mass is 15.2. The van der Waals surface area contributed by atoms with Gasteiger partial charge in [-0.15, -0.1) is 0 Å². The van der Waals surface area contributed by atoms with Crippen molar-refractivity contribution in [1.82, 2.24) is 19.5 Å². The van der Waals surface area contributed by atoms with Gasteiger partial charge < -0.3 is 10.2 Å². The van der Waals surface area contributed by atoms with Gasteiger partial charge in [0.25, 0.3) is 0 Å². The quantitative estimate of drug-likeness (QED) is 0.786. The van der Waals surface area contributed by atoms with Crippen molar-refractivity contribution in [3.8, 4) is 0 Å². The first kappa shape index (κ1) is 14.5. The summed E-state index contributed by atoms with van der Waals surface area (Å²) >= 11 is 0. The van der Waals surface area contributed by atoms with Crippen LogP contribution in [-0.2, 0) is 0 Å². The molecule has 1 N–H and O–H groups in total. The van der Waals surface area contributed by atoms with Crippen molar-refractivity contribution in [1.29, 1.82) is 0 Å². The Balaban J connectivity index is 1.82. The van der Waals surface area contributed by atoms with Gasteiger partial charge in [0, 0.05) is 18.9 Å². The molecule has 114 valence electrons. The first-order valence-electron chi connectivity index (χ1n) is 7.41. The van der Waals surface area contributed by atoms with Crippen LogP contribution < -0.4 is 5.32 Å². The van der Waals surface area contributed by atoms with Crippen molar-refractivity contribution < 1.29 is 0 Å². The van der Waals surface area contributed by atoms with Gasteiger partial charge >= 0.3 is 0 Å². The number of anilines is 1. The minimum atomic E-state index is 0.285. The average molecular weight is 295 g/mol. The summed E-state index contributed by atoms with van der Waals surface area (Å²) in [5.74, 6) is 0.867. The van der Waals surface area contributed by atoms with E-state index in [4.69, 9.17) is 0 Å². The molecule has 1 unspecified atom stereocenters. The maximum atomic E-state index is 4.45. The van der Waals surface area contributed by atoms with Crippen LogP contribution in [0.25, 0.3) is 5.52 Å². The number of aromatic nitrogens is 3. The normalized spacial score (nSPS) is 12.7. The highest BCUT2D eigenvalue weighted by Gasteiger charge is 2.14. The summed E-state index contributed by atoms with van der Waals surface area (Å²) in [6.07, 6.45) is 3.64. The number of benzene rings is 1. The van der Waals surface area contributed by atoms with Gasteiger partial charge in [0.15, 0.2) is 5.82 Å². The van der Waals surface area contributed by atoms with Crippen molar-refractivity contribution in [2.75, 3.05) is 26.0 Å². The van der Waals surface area contributed by atoms with E-state index in [1.54, 1.807) is 6.20 Å². The molecule has 0 amide bonds. The Kier molecular flexibility index (Phi) is 4.06. The molecular weight excluding hydrogens is 274 g/mol. The molecule has 0 saturated heterocycles. The highest BCUT2D eigenvalue weighted by Crippen LogP contribution is 2.20. The Morgan fingerprint density at radius 1 is 1.23 bits per heavy atom. The summed E-state index contributed by atoms with van der Waals surface area (Å²) < 4.78 is 1.86. The molecule has 22 heavy (non-hydrogen) atoms. The molecule has 0 fully saturated rings. The Bertz CT molecular complexity index is 748. The fraction of sp³-hybridized carbons (Fsp3) is 0.294. The van der Waals surface area contributed by atoms with Crippen molar-refractivity contribution >= 4 is 11.3 Å². The fourth-order valence-corrected chi connectivity index (χ4v) is 2.65. The van der Waals surface area contributed by atoms with Gasteiger partial charge in [-0.3, -0.25) is 0 Å². The van der Waals surface area contributed by atoms with Crippen LogP contribution in [0.2, 0.25) is 0 Å². The second-order valence-electron chi connectivity index (χ2n) is 5.66. The standard InChI is InChI=1S/C17H21N5/c1-13-11-15-17(18-9-10-22(15)20-13)19-12-16(21(2)3)14-7-5-4-6-8-14/h4-11,16H,12H2,1-3H3,(H,18,19). The minimum Gasteiger partial charge on any atom is -0.366 e. The Morgan fingerprint density at radius 2 is 2.00 bits per heavy atom. The van der Waals surface area contributed by atoms with E-state index >= 15 is 0 Å². The van der Waals surface area contributed by atoms with Crippen LogP contribution in [-0.4, -0.2) is 40.1 Å². The van der Waals surface area contributed by atoms with Crippen LogP contribution in [0.15, 0.2) is 48.8 Å². The zero-order valence-electron chi connectivity index (χ0n) is 13.2. The van der Waals surface area contributed by atoms with Crippen LogP contribution in [0.5, 0.6) is 0 Å². The predicted octanol–water partition coefficient (Wildman–Crippen LogP) is 2.75. The van der Waals surface area contributed by atoms with Crippen molar-refractivity contribution in [3.63, 3.8) is 0 Å². The van der Waals surface area contributed by atoms with Crippen molar-refractivity contribution in [2.45, 2.75) is 13.0 Å². The lowest BCUT2D eigenvalue weighted by Crippen LogP contribution is -2.27. The zero-order chi connectivity index (χ0) is 15.5. The number of hydrogen-bond donors (Lipinski definition) is 1. The number of aryl methyl sites for hydroxylation is 1. The predicted molar refractivity (Wildman–Crippen MR) is 89.1 cm³/mol. The maximum Gasteiger partial charge on any atom is 0.152 e. The number of fused-ring (bicyclic) bond motifs is 1. The summed E-state index contributed by atoms with van der Waals surface area (Å²) in [6.45, 7) is 2.78. The second kappa shape index (κ2) is 6.15. The Morgan fingerprint density at radius 3 is 2.73 bits per heavy atom. The summed E-state index contributed by atoms with van der Waals surface area (Å²) in [6, 6.07) is 12.8. The molecule has 0 radical (unpaired) electrons. The van der Waals surface area contributed by atoms with Gasteiger partial charge in [-0.25, -0.2) is 9.50 Å². The van der Waals surface area contributed by atoms with E-state index in [-0.39, 0.29) is 6.04 Å².